The van der Waals surface area contributed by atoms with Crippen LogP contribution >= 0.6 is 0 Å². The third-order valence-electron chi connectivity index (χ3n) is 6.96. The van der Waals surface area contributed by atoms with Gasteiger partial charge in [-0.1, -0.05) is 18.2 Å². The van der Waals surface area contributed by atoms with Gasteiger partial charge in [0, 0.05) is 50.6 Å². The van der Waals surface area contributed by atoms with Crippen LogP contribution in [0.1, 0.15) is 35.7 Å². The number of aromatic nitrogens is 3. The monoisotopic (exact) mass is 516 g/mol. The summed E-state index contributed by atoms with van der Waals surface area (Å²) in [7, 11) is 0. The summed E-state index contributed by atoms with van der Waals surface area (Å²) in [5.74, 6) is 0.0436. The molecule has 2 amide bonds. The first-order chi connectivity index (χ1) is 18.3. The quantitative estimate of drug-likeness (QED) is 0.347. The Labute approximate surface area is 219 Å². The third-order valence-corrected chi connectivity index (χ3v) is 6.96. The lowest BCUT2D eigenvalue weighted by molar-refractivity contribution is -0.118. The van der Waals surface area contributed by atoms with E-state index < -0.39 is 5.60 Å². The molecule has 2 aromatic carbocycles. The van der Waals surface area contributed by atoms with Gasteiger partial charge in [-0.25, -0.2) is 14.4 Å². The second kappa shape index (κ2) is 10.6. The highest BCUT2D eigenvalue weighted by Crippen LogP contribution is 2.34. The third kappa shape index (κ3) is 5.21. The minimum Gasteiger partial charge on any atom is -0.385 e. The van der Waals surface area contributed by atoms with Crippen LogP contribution in [-0.4, -0.2) is 63.0 Å². The number of nitrogens with one attached hydrogen (secondary N) is 2. The van der Waals surface area contributed by atoms with E-state index in [0.29, 0.717) is 61.6 Å². The second-order valence-corrected chi connectivity index (χ2v) is 9.45. The number of likely N-dealkylation sites (tertiary alicyclic amines) is 1. The molecular weight excluding hydrogens is 487 g/mol. The predicted molar refractivity (Wildman–Crippen MR) is 141 cm³/mol. The van der Waals surface area contributed by atoms with Gasteiger partial charge in [-0.2, -0.15) is 0 Å². The van der Waals surface area contributed by atoms with Crippen LogP contribution in [0.15, 0.2) is 67.1 Å². The molecule has 1 aliphatic rings. The molecule has 0 unspecified atom stereocenters. The van der Waals surface area contributed by atoms with Gasteiger partial charge >= 0.3 is 0 Å². The Balaban J connectivity index is 1.37. The Kier molecular flexibility index (Phi) is 7.06. The summed E-state index contributed by atoms with van der Waals surface area (Å²) in [4.78, 5) is 40.5. The Hall–Kier alpha value is -4.31. The van der Waals surface area contributed by atoms with E-state index in [0.717, 1.165) is 11.1 Å². The number of rotatable bonds is 7. The predicted octanol–water partition coefficient (Wildman–Crippen LogP) is 3.50. The molecule has 0 saturated carbocycles. The molecule has 0 bridgehead atoms. The number of nitrogens with zero attached hydrogens (tertiary/aromatic N) is 4. The summed E-state index contributed by atoms with van der Waals surface area (Å²) in [5.41, 5.74) is 1.51. The molecule has 0 spiro atoms. The molecule has 10 heteroatoms. The van der Waals surface area contributed by atoms with Gasteiger partial charge in [0.05, 0.1) is 11.0 Å². The number of hydrogen-bond acceptors (Lipinski definition) is 6. The van der Waals surface area contributed by atoms with E-state index in [1.807, 2.05) is 29.2 Å². The summed E-state index contributed by atoms with van der Waals surface area (Å²) < 4.78 is 13.3. The van der Waals surface area contributed by atoms with Crippen LogP contribution in [0.4, 0.5) is 15.9 Å². The topological polar surface area (TPSA) is 114 Å². The largest absolute Gasteiger partial charge is 0.385 e. The van der Waals surface area contributed by atoms with Gasteiger partial charge in [0.1, 0.15) is 23.6 Å². The van der Waals surface area contributed by atoms with Crippen molar-refractivity contribution in [1.29, 1.82) is 0 Å². The minimum atomic E-state index is -1.10. The average molecular weight is 517 g/mol. The van der Waals surface area contributed by atoms with Crippen molar-refractivity contribution in [1.82, 2.24) is 25.2 Å². The van der Waals surface area contributed by atoms with E-state index in [1.165, 1.54) is 25.4 Å². The Morgan fingerprint density at radius 3 is 2.63 bits per heavy atom. The number of benzene rings is 2. The van der Waals surface area contributed by atoms with E-state index >= 15 is 0 Å². The van der Waals surface area contributed by atoms with Crippen molar-refractivity contribution in [2.24, 2.45) is 0 Å². The number of amides is 2. The highest BCUT2D eigenvalue weighted by Gasteiger charge is 2.35. The SMILES string of the molecule is CC(=O)NCCN(c1cccc(C(=O)N2CCC(O)(c3ccc(F)cc3)CC2)c1)c1ncnc2[nH]ccc12. The van der Waals surface area contributed by atoms with Crippen LogP contribution in [-0.2, 0) is 10.4 Å². The lowest BCUT2D eigenvalue weighted by Gasteiger charge is -2.38. The lowest BCUT2D eigenvalue weighted by atomic mass is 9.84. The molecular formula is C28H29FN6O3. The highest BCUT2D eigenvalue weighted by atomic mass is 19.1. The molecule has 2 aromatic heterocycles. The van der Waals surface area contributed by atoms with Crippen molar-refractivity contribution in [2.75, 3.05) is 31.1 Å². The zero-order valence-corrected chi connectivity index (χ0v) is 21.0. The van der Waals surface area contributed by atoms with Gasteiger partial charge in [-0.05, 0) is 54.8 Å². The molecule has 0 radical (unpaired) electrons. The molecule has 5 rings (SSSR count). The van der Waals surface area contributed by atoms with Crippen molar-refractivity contribution in [3.8, 4) is 0 Å². The molecule has 1 fully saturated rings. The fourth-order valence-corrected chi connectivity index (χ4v) is 4.89. The van der Waals surface area contributed by atoms with Gasteiger partial charge in [-0.15, -0.1) is 0 Å². The number of carbonyl (C=O) groups excluding carboxylic acids is 2. The number of piperidine rings is 1. The summed E-state index contributed by atoms with van der Waals surface area (Å²) >= 11 is 0. The summed E-state index contributed by atoms with van der Waals surface area (Å²) in [5, 5.41) is 14.8. The van der Waals surface area contributed by atoms with Gasteiger partial charge in [0.2, 0.25) is 5.91 Å². The van der Waals surface area contributed by atoms with Crippen LogP contribution in [0.25, 0.3) is 11.0 Å². The van der Waals surface area contributed by atoms with E-state index in [-0.39, 0.29) is 17.6 Å². The molecule has 3 heterocycles. The molecule has 0 aliphatic carbocycles. The molecule has 0 atom stereocenters. The second-order valence-electron chi connectivity index (χ2n) is 9.45. The normalized spacial score (nSPS) is 14.9. The van der Waals surface area contributed by atoms with Gasteiger partial charge in [-0.3, -0.25) is 9.59 Å². The van der Waals surface area contributed by atoms with Gasteiger partial charge in [0.15, 0.2) is 0 Å². The molecule has 1 saturated heterocycles. The maximum atomic E-state index is 13.5. The fraction of sp³-hybridized carbons (Fsp3) is 0.286. The van der Waals surface area contributed by atoms with Crippen LogP contribution in [0, 0.1) is 5.82 Å². The number of carbonyl (C=O) groups is 2. The van der Waals surface area contributed by atoms with Crippen molar-refractivity contribution >= 4 is 34.4 Å². The maximum absolute atomic E-state index is 13.5. The van der Waals surface area contributed by atoms with E-state index in [4.69, 9.17) is 0 Å². The molecule has 9 nitrogen and oxygen atoms in total. The fourth-order valence-electron chi connectivity index (χ4n) is 4.89. The number of halogens is 1. The first kappa shape index (κ1) is 25.3. The lowest BCUT2D eigenvalue weighted by Crippen LogP contribution is -2.45. The maximum Gasteiger partial charge on any atom is 0.253 e. The van der Waals surface area contributed by atoms with Crippen molar-refractivity contribution in [3.05, 3.63) is 84.1 Å². The van der Waals surface area contributed by atoms with Crippen molar-refractivity contribution < 1.29 is 19.1 Å². The first-order valence-corrected chi connectivity index (χ1v) is 12.5. The van der Waals surface area contributed by atoms with Crippen LogP contribution in [0.3, 0.4) is 0 Å². The molecule has 1 aliphatic heterocycles. The molecule has 4 aromatic rings. The Bertz CT molecular complexity index is 1450. The average Bonchev–Trinajstić information content (AvgIpc) is 3.41. The van der Waals surface area contributed by atoms with E-state index in [2.05, 4.69) is 20.3 Å². The minimum absolute atomic E-state index is 0.131. The van der Waals surface area contributed by atoms with Crippen LogP contribution in [0.2, 0.25) is 0 Å². The summed E-state index contributed by atoms with van der Waals surface area (Å²) in [6.07, 6.45) is 3.99. The van der Waals surface area contributed by atoms with E-state index in [9.17, 15) is 19.1 Å². The summed E-state index contributed by atoms with van der Waals surface area (Å²) in [6, 6.07) is 15.1. The summed E-state index contributed by atoms with van der Waals surface area (Å²) in [6.45, 7) is 3.03. The Morgan fingerprint density at radius 1 is 1.13 bits per heavy atom. The first-order valence-electron chi connectivity index (χ1n) is 12.5. The van der Waals surface area contributed by atoms with Crippen molar-refractivity contribution in [3.63, 3.8) is 0 Å². The molecule has 3 N–H and O–H groups in total. The number of aliphatic hydroxyl groups is 1. The highest BCUT2D eigenvalue weighted by molar-refractivity contribution is 5.96. The van der Waals surface area contributed by atoms with Gasteiger partial charge < -0.3 is 25.2 Å². The van der Waals surface area contributed by atoms with E-state index in [1.54, 1.807) is 29.3 Å². The van der Waals surface area contributed by atoms with Crippen LogP contribution < -0.4 is 10.2 Å². The molecule has 196 valence electrons. The zero-order chi connectivity index (χ0) is 26.7. The van der Waals surface area contributed by atoms with Crippen LogP contribution in [0.5, 0.6) is 0 Å². The number of aromatic amines is 1. The number of anilines is 2. The van der Waals surface area contributed by atoms with Crippen molar-refractivity contribution in [2.45, 2.75) is 25.4 Å². The van der Waals surface area contributed by atoms with Gasteiger partial charge in [0.25, 0.3) is 5.91 Å². The number of hydrogen-bond donors (Lipinski definition) is 3. The standard InChI is InChI=1S/C28H29FN6O3/c1-19(36)30-13-16-35(26-24-9-12-31-25(24)32-18-33-26)23-4-2-3-20(17-23)27(37)34-14-10-28(38,11-15-34)21-5-7-22(29)8-6-21/h2-9,12,17-18,38H,10-11,13-16H2,1H3,(H,30,36)(H,31,32,33). The number of fused-ring (bicyclic) bond motifs is 1. The number of H-pyrrole nitrogens is 1. The molecule has 38 heavy (non-hydrogen) atoms. The Morgan fingerprint density at radius 2 is 1.89 bits per heavy atom. The smallest absolute Gasteiger partial charge is 0.253 e. The zero-order valence-electron chi connectivity index (χ0n) is 21.0.